The minimum Gasteiger partial charge on any atom is -0.309 e. The predicted octanol–water partition coefficient (Wildman–Crippen LogP) is 10.4. The van der Waals surface area contributed by atoms with E-state index in [1.165, 1.54) is 0 Å². The molecule has 228 valence electrons. The SMILES string of the molecule is C=Cc1c(/C=C\C)n(-c2ccccc2)c2ccc3c4nc(C#N)c(C#N)nc4c4cc5c(cc4c3c12)c1ccccc1n5-c1ccccc1. The zero-order chi connectivity index (χ0) is 33.2. The standard InChI is InChI=1S/C43H26N6/c1-3-13-36-28(4-2)41-38(48(36)26-14-7-5-8-15-26)21-20-30-40(41)32-22-31-29-18-11-12-19-37(29)49(27-16-9-6-10-17-27)39(31)23-33(32)43-42(30)46-34(24-44)35(25-45)47-43/h3-23H,2H2,1H3/b13-3-. The Kier molecular flexibility index (Phi) is 6.20. The van der Waals surface area contributed by atoms with Crippen LogP contribution in [0.25, 0.3) is 88.8 Å². The van der Waals surface area contributed by atoms with E-state index in [2.05, 4.69) is 107 Å². The topological polar surface area (TPSA) is 83.2 Å². The zero-order valence-electron chi connectivity index (χ0n) is 26.5. The summed E-state index contributed by atoms with van der Waals surface area (Å²) in [5.41, 5.74) is 8.41. The molecule has 0 unspecified atom stereocenters. The van der Waals surface area contributed by atoms with Crippen molar-refractivity contribution in [2.45, 2.75) is 6.92 Å². The number of allylic oxidation sites excluding steroid dienone is 1. The van der Waals surface area contributed by atoms with Gasteiger partial charge in [0.15, 0.2) is 11.4 Å². The number of rotatable bonds is 4. The van der Waals surface area contributed by atoms with Gasteiger partial charge in [-0.05, 0) is 73.0 Å². The van der Waals surface area contributed by atoms with E-state index in [-0.39, 0.29) is 11.4 Å². The number of benzene rings is 6. The van der Waals surface area contributed by atoms with E-state index >= 15 is 0 Å². The van der Waals surface area contributed by atoms with Gasteiger partial charge in [0.1, 0.15) is 12.1 Å². The van der Waals surface area contributed by atoms with Crippen LogP contribution >= 0.6 is 0 Å². The Hall–Kier alpha value is -7.02. The number of nitrogens with zero attached hydrogens (tertiary/aromatic N) is 6. The van der Waals surface area contributed by atoms with Crippen molar-refractivity contribution in [3.63, 3.8) is 0 Å². The fraction of sp³-hybridized carbons (Fsp3) is 0.0233. The predicted molar refractivity (Wildman–Crippen MR) is 200 cm³/mol. The van der Waals surface area contributed by atoms with Crippen LogP contribution in [0.4, 0.5) is 0 Å². The molecular formula is C43H26N6. The van der Waals surface area contributed by atoms with Gasteiger partial charge in [0, 0.05) is 49.3 Å². The number of aromatic nitrogens is 4. The van der Waals surface area contributed by atoms with Crippen LogP contribution in [0.2, 0.25) is 0 Å². The first-order valence-corrected chi connectivity index (χ1v) is 16.0. The second-order valence-corrected chi connectivity index (χ2v) is 12.0. The van der Waals surface area contributed by atoms with Crippen LogP contribution in [0.1, 0.15) is 29.6 Å². The van der Waals surface area contributed by atoms with Crippen LogP contribution in [0.15, 0.2) is 122 Å². The van der Waals surface area contributed by atoms with Crippen molar-refractivity contribution in [1.82, 2.24) is 19.1 Å². The lowest BCUT2D eigenvalue weighted by atomic mass is 9.93. The second-order valence-electron chi connectivity index (χ2n) is 12.0. The van der Waals surface area contributed by atoms with Gasteiger partial charge in [-0.25, -0.2) is 9.97 Å². The average molecular weight is 627 g/mol. The Balaban J connectivity index is 1.59. The summed E-state index contributed by atoms with van der Waals surface area (Å²) in [4.78, 5) is 9.67. The van der Waals surface area contributed by atoms with Gasteiger partial charge in [-0.15, -0.1) is 0 Å². The normalized spacial score (nSPS) is 11.7. The van der Waals surface area contributed by atoms with Crippen LogP contribution in [0.3, 0.4) is 0 Å². The molecule has 0 aliphatic heterocycles. The lowest BCUT2D eigenvalue weighted by molar-refractivity contribution is 1.10. The number of nitriles is 2. The van der Waals surface area contributed by atoms with E-state index in [4.69, 9.17) is 9.97 Å². The van der Waals surface area contributed by atoms with Crippen LogP contribution in [0.5, 0.6) is 0 Å². The zero-order valence-corrected chi connectivity index (χ0v) is 26.5. The maximum Gasteiger partial charge on any atom is 0.177 e. The Bertz CT molecular complexity index is 2970. The van der Waals surface area contributed by atoms with Crippen LogP contribution in [-0.2, 0) is 0 Å². The molecule has 49 heavy (non-hydrogen) atoms. The van der Waals surface area contributed by atoms with Gasteiger partial charge >= 0.3 is 0 Å². The van der Waals surface area contributed by atoms with Crippen molar-refractivity contribution < 1.29 is 0 Å². The molecule has 9 aromatic rings. The minimum atomic E-state index is 0.00984. The smallest absolute Gasteiger partial charge is 0.177 e. The van der Waals surface area contributed by atoms with Crippen LogP contribution < -0.4 is 0 Å². The molecule has 0 atom stereocenters. The van der Waals surface area contributed by atoms with E-state index in [0.717, 1.165) is 76.9 Å². The van der Waals surface area contributed by atoms with E-state index in [1.807, 2.05) is 55.5 Å². The molecular weight excluding hydrogens is 601 g/mol. The van der Waals surface area contributed by atoms with E-state index < -0.39 is 0 Å². The summed E-state index contributed by atoms with van der Waals surface area (Å²) in [6, 6.07) is 41.9. The van der Waals surface area contributed by atoms with Crippen molar-refractivity contribution >= 4 is 77.4 Å². The molecule has 0 N–H and O–H groups in total. The summed E-state index contributed by atoms with van der Waals surface area (Å²) in [7, 11) is 0. The maximum atomic E-state index is 10.0. The monoisotopic (exact) mass is 626 g/mol. The summed E-state index contributed by atoms with van der Waals surface area (Å²) in [5.74, 6) is 0. The highest BCUT2D eigenvalue weighted by Crippen LogP contribution is 2.45. The Morgan fingerprint density at radius 2 is 1.22 bits per heavy atom. The van der Waals surface area contributed by atoms with Gasteiger partial charge in [0.2, 0.25) is 0 Å². The Labute approximate surface area is 281 Å². The Morgan fingerprint density at radius 1 is 0.592 bits per heavy atom. The fourth-order valence-electron chi connectivity index (χ4n) is 7.53. The summed E-state index contributed by atoms with van der Waals surface area (Å²) in [5, 5.41) is 27.0. The van der Waals surface area contributed by atoms with Crippen LogP contribution in [0, 0.1) is 22.7 Å². The van der Waals surface area contributed by atoms with Crippen molar-refractivity contribution in [2.75, 3.05) is 0 Å². The molecule has 6 aromatic carbocycles. The highest BCUT2D eigenvalue weighted by atomic mass is 15.0. The Morgan fingerprint density at radius 3 is 1.88 bits per heavy atom. The molecule has 0 saturated carbocycles. The van der Waals surface area contributed by atoms with Gasteiger partial charge < -0.3 is 9.13 Å². The first kappa shape index (κ1) is 28.2. The highest BCUT2D eigenvalue weighted by Gasteiger charge is 2.24. The molecule has 0 aliphatic carbocycles. The van der Waals surface area contributed by atoms with E-state index in [0.29, 0.717) is 11.0 Å². The van der Waals surface area contributed by atoms with Crippen molar-refractivity contribution in [3.05, 3.63) is 144 Å². The van der Waals surface area contributed by atoms with Gasteiger partial charge in [-0.2, -0.15) is 10.5 Å². The fourth-order valence-corrected chi connectivity index (χ4v) is 7.53. The molecule has 0 bridgehead atoms. The molecule has 0 amide bonds. The second kappa shape index (κ2) is 10.8. The highest BCUT2D eigenvalue weighted by molar-refractivity contribution is 6.33. The molecule has 6 heteroatoms. The third-order valence-corrected chi connectivity index (χ3v) is 9.47. The van der Waals surface area contributed by atoms with E-state index in [1.54, 1.807) is 0 Å². The first-order chi connectivity index (χ1) is 24.2. The van der Waals surface area contributed by atoms with Crippen molar-refractivity contribution in [1.29, 1.82) is 10.5 Å². The van der Waals surface area contributed by atoms with Gasteiger partial charge in [-0.3, -0.25) is 0 Å². The lowest BCUT2D eigenvalue weighted by Gasteiger charge is -2.14. The van der Waals surface area contributed by atoms with Crippen LogP contribution in [-0.4, -0.2) is 19.1 Å². The molecule has 3 aromatic heterocycles. The largest absolute Gasteiger partial charge is 0.309 e. The average Bonchev–Trinajstić information content (AvgIpc) is 3.66. The number of hydrogen-bond donors (Lipinski definition) is 0. The third-order valence-electron chi connectivity index (χ3n) is 9.47. The van der Waals surface area contributed by atoms with Gasteiger partial charge in [0.25, 0.3) is 0 Å². The molecule has 0 spiro atoms. The number of hydrogen-bond acceptors (Lipinski definition) is 4. The number of para-hydroxylation sites is 3. The summed E-state index contributed by atoms with van der Waals surface area (Å²) in [6.45, 7) is 6.32. The molecule has 3 heterocycles. The van der Waals surface area contributed by atoms with E-state index in [9.17, 15) is 10.5 Å². The molecule has 0 aliphatic rings. The quantitative estimate of drug-likeness (QED) is 0.182. The van der Waals surface area contributed by atoms with Crippen molar-refractivity contribution in [2.24, 2.45) is 0 Å². The first-order valence-electron chi connectivity index (χ1n) is 16.0. The molecule has 0 fully saturated rings. The number of fused-ring (bicyclic) bond motifs is 11. The summed E-state index contributed by atoms with van der Waals surface area (Å²) in [6.07, 6.45) is 6.10. The lowest BCUT2D eigenvalue weighted by Crippen LogP contribution is -1.99. The van der Waals surface area contributed by atoms with Gasteiger partial charge in [0.05, 0.1) is 33.3 Å². The van der Waals surface area contributed by atoms with Crippen molar-refractivity contribution in [3.8, 4) is 23.5 Å². The van der Waals surface area contributed by atoms with Gasteiger partial charge in [-0.1, -0.05) is 73.3 Å². The molecule has 6 nitrogen and oxygen atoms in total. The summed E-state index contributed by atoms with van der Waals surface area (Å²) >= 11 is 0. The minimum absolute atomic E-state index is 0.00984. The molecule has 0 saturated heterocycles. The third kappa shape index (κ3) is 3.92. The summed E-state index contributed by atoms with van der Waals surface area (Å²) < 4.78 is 4.54. The molecule has 0 radical (unpaired) electrons. The maximum absolute atomic E-state index is 10.0. The molecule has 9 rings (SSSR count).